The summed E-state index contributed by atoms with van der Waals surface area (Å²) in [5, 5.41) is 17.5. The Morgan fingerprint density at radius 1 is 1.13 bits per heavy atom. The predicted octanol–water partition coefficient (Wildman–Crippen LogP) is 5.01. The third-order valence-electron chi connectivity index (χ3n) is 5.24. The Balaban J connectivity index is 1.56. The molecule has 0 saturated heterocycles. The van der Waals surface area contributed by atoms with Crippen molar-refractivity contribution < 1.29 is 4.79 Å². The van der Waals surface area contributed by atoms with E-state index in [1.807, 2.05) is 90.0 Å². The van der Waals surface area contributed by atoms with Gasteiger partial charge in [-0.15, -0.1) is 0 Å². The maximum Gasteiger partial charge on any atom is 0.248 e. The van der Waals surface area contributed by atoms with Crippen LogP contribution in [0.1, 0.15) is 23.4 Å². The summed E-state index contributed by atoms with van der Waals surface area (Å²) in [7, 11) is 0. The van der Waals surface area contributed by atoms with Crippen LogP contribution in [0.3, 0.4) is 0 Å². The molecule has 0 unspecified atom stereocenters. The van der Waals surface area contributed by atoms with Gasteiger partial charge in [-0.05, 0) is 38.1 Å². The number of rotatable bonds is 6. The molecule has 154 valence electrons. The van der Waals surface area contributed by atoms with Crippen LogP contribution < -0.4 is 5.32 Å². The number of hydrogen-bond acceptors (Lipinski definition) is 3. The van der Waals surface area contributed by atoms with Gasteiger partial charge in [-0.25, -0.2) is 4.68 Å². The van der Waals surface area contributed by atoms with Crippen LogP contribution in [0, 0.1) is 25.2 Å². The third kappa shape index (κ3) is 4.12. The topological polar surface area (TPSA) is 75.6 Å². The first-order valence-electron chi connectivity index (χ1n) is 10.1. The Morgan fingerprint density at radius 2 is 1.87 bits per heavy atom. The molecule has 4 aromatic rings. The molecule has 0 radical (unpaired) electrons. The van der Waals surface area contributed by atoms with Crippen molar-refractivity contribution in [2.24, 2.45) is 0 Å². The third-order valence-corrected chi connectivity index (χ3v) is 5.24. The zero-order chi connectivity index (χ0) is 21.8. The van der Waals surface area contributed by atoms with Crippen molar-refractivity contribution in [3.63, 3.8) is 0 Å². The van der Waals surface area contributed by atoms with Gasteiger partial charge in [0.25, 0.3) is 0 Å². The lowest BCUT2D eigenvalue weighted by Crippen LogP contribution is -2.09. The summed E-state index contributed by atoms with van der Waals surface area (Å²) < 4.78 is 3.88. The predicted molar refractivity (Wildman–Crippen MR) is 123 cm³/mol. The molecule has 0 saturated carbocycles. The highest BCUT2D eigenvalue weighted by atomic mass is 16.1. The number of nitrogens with zero attached hydrogens (tertiary/aromatic N) is 4. The van der Waals surface area contributed by atoms with E-state index in [2.05, 4.69) is 16.5 Å². The van der Waals surface area contributed by atoms with Crippen molar-refractivity contribution in [2.75, 3.05) is 5.32 Å². The molecular formula is C25H23N5O. The fourth-order valence-electron chi connectivity index (χ4n) is 3.74. The molecule has 0 fully saturated rings. The molecule has 1 amide bonds. The van der Waals surface area contributed by atoms with E-state index in [1.165, 1.54) is 6.08 Å². The maximum absolute atomic E-state index is 12.7. The van der Waals surface area contributed by atoms with Gasteiger partial charge in [0, 0.05) is 35.3 Å². The highest BCUT2D eigenvalue weighted by Crippen LogP contribution is 2.24. The highest BCUT2D eigenvalue weighted by Gasteiger charge is 2.14. The number of anilines is 1. The average Bonchev–Trinajstić information content (AvgIpc) is 3.29. The molecule has 0 bridgehead atoms. The van der Waals surface area contributed by atoms with Gasteiger partial charge < -0.3 is 9.88 Å². The van der Waals surface area contributed by atoms with E-state index in [0.717, 1.165) is 39.2 Å². The Hall–Kier alpha value is -4.11. The molecule has 0 aliphatic carbocycles. The van der Waals surface area contributed by atoms with Gasteiger partial charge in [0.05, 0.1) is 35.3 Å². The van der Waals surface area contributed by atoms with Gasteiger partial charge in [-0.2, -0.15) is 10.4 Å². The summed E-state index contributed by atoms with van der Waals surface area (Å²) >= 11 is 0. The fourth-order valence-corrected chi connectivity index (χ4v) is 3.74. The molecule has 6 nitrogen and oxygen atoms in total. The monoisotopic (exact) mass is 409 g/mol. The molecule has 0 aliphatic rings. The maximum atomic E-state index is 12.7. The van der Waals surface area contributed by atoms with Crippen LogP contribution in [-0.2, 0) is 11.3 Å². The van der Waals surface area contributed by atoms with Gasteiger partial charge in [-0.3, -0.25) is 4.79 Å². The molecular weight excluding hydrogens is 386 g/mol. The minimum Gasteiger partial charge on any atom is -0.346 e. The van der Waals surface area contributed by atoms with Crippen LogP contribution in [0.4, 0.5) is 5.69 Å². The van der Waals surface area contributed by atoms with Crippen LogP contribution in [0.15, 0.2) is 66.9 Å². The number of nitriles is 1. The second-order valence-electron chi connectivity index (χ2n) is 7.32. The van der Waals surface area contributed by atoms with Crippen molar-refractivity contribution in [2.45, 2.75) is 26.8 Å². The van der Waals surface area contributed by atoms with E-state index in [0.29, 0.717) is 13.0 Å². The quantitative estimate of drug-likeness (QED) is 0.455. The normalized spacial score (nSPS) is 11.1. The Labute approximate surface area is 181 Å². The lowest BCUT2D eigenvalue weighted by atomic mass is 10.1. The number of hydrogen-bond donors (Lipinski definition) is 1. The van der Waals surface area contributed by atoms with Crippen molar-refractivity contribution in [1.29, 1.82) is 5.26 Å². The first-order valence-corrected chi connectivity index (χ1v) is 10.1. The zero-order valence-corrected chi connectivity index (χ0v) is 17.5. The number of aromatic nitrogens is 3. The number of benzene rings is 2. The minimum atomic E-state index is -0.215. The summed E-state index contributed by atoms with van der Waals surface area (Å²) in [6.07, 6.45) is 5.77. The average molecular weight is 409 g/mol. The Kier molecular flexibility index (Phi) is 5.67. The number of aryl methyl sites for hydroxylation is 2. The second kappa shape index (κ2) is 8.72. The van der Waals surface area contributed by atoms with E-state index in [-0.39, 0.29) is 5.91 Å². The van der Waals surface area contributed by atoms with Crippen LogP contribution in [0.2, 0.25) is 0 Å². The SMILES string of the molecule is Cc1nn(-c2ccccc2)c(C)c1NC(=O)/C=C/c1cn(CCC#N)c2ccccc12. The second-order valence-corrected chi connectivity index (χ2v) is 7.32. The minimum absolute atomic E-state index is 0.215. The van der Waals surface area contributed by atoms with Crippen molar-refractivity contribution >= 4 is 28.6 Å². The molecule has 31 heavy (non-hydrogen) atoms. The van der Waals surface area contributed by atoms with Crippen molar-refractivity contribution in [3.05, 3.63) is 83.8 Å². The van der Waals surface area contributed by atoms with Crippen molar-refractivity contribution in [1.82, 2.24) is 14.3 Å². The number of amides is 1. The Morgan fingerprint density at radius 3 is 2.65 bits per heavy atom. The van der Waals surface area contributed by atoms with Crippen molar-refractivity contribution in [3.8, 4) is 11.8 Å². The first-order chi connectivity index (χ1) is 15.1. The number of carbonyl (C=O) groups excluding carboxylic acids is 1. The standard InChI is InChI=1S/C25H23N5O/c1-18-25(19(2)30(28-18)21-9-4-3-5-10-21)27-24(31)14-13-20-17-29(16-8-15-26)23-12-7-6-11-22(20)23/h3-7,9-14,17H,8,16H2,1-2H3,(H,27,31)/b14-13+. The molecule has 6 heteroatoms. The summed E-state index contributed by atoms with van der Waals surface area (Å²) in [6, 6.07) is 20.0. The molecule has 0 spiro atoms. The molecule has 2 heterocycles. The number of carbonyl (C=O) groups is 1. The van der Waals surface area contributed by atoms with E-state index in [1.54, 1.807) is 0 Å². The molecule has 1 N–H and O–H groups in total. The largest absolute Gasteiger partial charge is 0.346 e. The van der Waals surface area contributed by atoms with Gasteiger partial charge in [0.15, 0.2) is 0 Å². The smallest absolute Gasteiger partial charge is 0.248 e. The first kappa shape index (κ1) is 20.2. The van der Waals surface area contributed by atoms with E-state index in [9.17, 15) is 4.79 Å². The molecule has 2 aromatic carbocycles. The van der Waals surface area contributed by atoms with Gasteiger partial charge in [0.2, 0.25) is 5.91 Å². The summed E-state index contributed by atoms with van der Waals surface area (Å²) in [5.41, 5.74) is 5.29. The van der Waals surface area contributed by atoms with Crippen LogP contribution >= 0.6 is 0 Å². The van der Waals surface area contributed by atoms with Crippen LogP contribution in [0.5, 0.6) is 0 Å². The van der Waals surface area contributed by atoms with Crippen LogP contribution in [-0.4, -0.2) is 20.3 Å². The lowest BCUT2D eigenvalue weighted by molar-refractivity contribution is -0.111. The van der Waals surface area contributed by atoms with E-state index < -0.39 is 0 Å². The Bertz CT molecular complexity index is 1310. The number of nitrogens with one attached hydrogen (secondary N) is 1. The summed E-state index contributed by atoms with van der Waals surface area (Å²) in [6.45, 7) is 4.44. The van der Waals surface area contributed by atoms with Gasteiger partial charge >= 0.3 is 0 Å². The number of fused-ring (bicyclic) bond motifs is 1. The number of para-hydroxylation sites is 2. The van der Waals surface area contributed by atoms with E-state index in [4.69, 9.17) is 5.26 Å². The summed E-state index contributed by atoms with van der Waals surface area (Å²) in [4.78, 5) is 12.7. The highest BCUT2D eigenvalue weighted by molar-refractivity contribution is 6.04. The molecule has 0 aliphatic heterocycles. The van der Waals surface area contributed by atoms with E-state index >= 15 is 0 Å². The molecule has 4 rings (SSSR count). The molecule has 0 atom stereocenters. The van der Waals surface area contributed by atoms with Gasteiger partial charge in [-0.1, -0.05) is 36.4 Å². The molecule has 2 aromatic heterocycles. The lowest BCUT2D eigenvalue weighted by Gasteiger charge is -2.05. The van der Waals surface area contributed by atoms with Gasteiger partial charge in [0.1, 0.15) is 0 Å². The van der Waals surface area contributed by atoms with Crippen LogP contribution in [0.25, 0.3) is 22.7 Å². The summed E-state index contributed by atoms with van der Waals surface area (Å²) in [5.74, 6) is -0.215. The zero-order valence-electron chi connectivity index (χ0n) is 17.5. The fraction of sp³-hybridized carbons (Fsp3) is 0.160.